The normalized spacial score (nSPS) is 10.9. The average molecular weight is 335 g/mol. The number of thioether (sulfide) groups is 1. The third-order valence-electron chi connectivity index (χ3n) is 3.47. The number of carbonyl (C=O) groups is 1. The van der Waals surface area contributed by atoms with Gasteiger partial charge in [-0.2, -0.15) is 11.8 Å². The molecule has 0 saturated carbocycles. The molecule has 3 N–H and O–H groups in total. The molecule has 0 radical (unpaired) electrons. The van der Waals surface area contributed by atoms with E-state index in [1.54, 1.807) is 11.8 Å². The fourth-order valence-corrected chi connectivity index (χ4v) is 3.18. The molecule has 0 spiro atoms. The highest BCUT2D eigenvalue weighted by atomic mass is 32.2. The van der Waals surface area contributed by atoms with Crippen molar-refractivity contribution in [3.05, 3.63) is 30.5 Å². The second-order valence-electron chi connectivity index (χ2n) is 5.35. The molecule has 0 aliphatic rings. The summed E-state index contributed by atoms with van der Waals surface area (Å²) in [6, 6.07) is 7.87. The van der Waals surface area contributed by atoms with Gasteiger partial charge in [-0.25, -0.2) is 4.79 Å². The SMILES string of the molecule is CCCn1ccc2cc(NC(=O)NCCSCCCO)ccc21. The number of aromatic nitrogens is 1. The Morgan fingerprint density at radius 1 is 1.30 bits per heavy atom. The maximum absolute atomic E-state index is 11.9. The number of aliphatic hydroxyl groups is 1. The van der Waals surface area contributed by atoms with Crippen molar-refractivity contribution in [3.63, 3.8) is 0 Å². The summed E-state index contributed by atoms with van der Waals surface area (Å²) < 4.78 is 2.22. The summed E-state index contributed by atoms with van der Waals surface area (Å²) in [5.41, 5.74) is 2.00. The number of aliphatic hydroxyl groups excluding tert-OH is 1. The number of carbonyl (C=O) groups excluding carboxylic acids is 1. The van der Waals surface area contributed by atoms with E-state index in [0.29, 0.717) is 6.54 Å². The third kappa shape index (κ3) is 5.48. The Morgan fingerprint density at radius 3 is 2.96 bits per heavy atom. The van der Waals surface area contributed by atoms with Crippen molar-refractivity contribution in [3.8, 4) is 0 Å². The van der Waals surface area contributed by atoms with Gasteiger partial charge in [0.1, 0.15) is 0 Å². The first-order chi connectivity index (χ1) is 11.2. The molecule has 0 unspecified atom stereocenters. The van der Waals surface area contributed by atoms with Gasteiger partial charge in [-0.1, -0.05) is 6.92 Å². The van der Waals surface area contributed by atoms with Gasteiger partial charge in [0.05, 0.1) is 0 Å². The van der Waals surface area contributed by atoms with Crippen LogP contribution in [0.3, 0.4) is 0 Å². The van der Waals surface area contributed by atoms with Crippen LogP contribution in [-0.4, -0.2) is 40.4 Å². The summed E-state index contributed by atoms with van der Waals surface area (Å²) >= 11 is 1.73. The number of rotatable bonds is 9. The predicted octanol–water partition coefficient (Wildman–Crippen LogP) is 3.29. The molecule has 2 amide bonds. The highest BCUT2D eigenvalue weighted by Gasteiger charge is 2.04. The van der Waals surface area contributed by atoms with Gasteiger partial charge in [-0.3, -0.25) is 0 Å². The minimum Gasteiger partial charge on any atom is -0.396 e. The van der Waals surface area contributed by atoms with Crippen LogP contribution in [0.2, 0.25) is 0 Å². The lowest BCUT2D eigenvalue weighted by Crippen LogP contribution is -2.30. The zero-order valence-electron chi connectivity index (χ0n) is 13.5. The van der Waals surface area contributed by atoms with E-state index >= 15 is 0 Å². The average Bonchev–Trinajstić information content (AvgIpc) is 2.93. The number of urea groups is 1. The number of aryl methyl sites for hydroxylation is 1. The number of amides is 2. The quantitative estimate of drug-likeness (QED) is 0.616. The minimum absolute atomic E-state index is 0.180. The maximum Gasteiger partial charge on any atom is 0.319 e. The van der Waals surface area contributed by atoms with E-state index in [0.717, 1.165) is 42.0 Å². The van der Waals surface area contributed by atoms with Gasteiger partial charge in [0, 0.05) is 48.2 Å². The summed E-state index contributed by atoms with van der Waals surface area (Å²) in [5.74, 6) is 1.78. The molecular weight excluding hydrogens is 310 g/mol. The fraction of sp³-hybridized carbons (Fsp3) is 0.471. The maximum atomic E-state index is 11.9. The lowest BCUT2D eigenvalue weighted by Gasteiger charge is -2.08. The van der Waals surface area contributed by atoms with Crippen LogP contribution in [0.4, 0.5) is 10.5 Å². The molecule has 0 bridgehead atoms. The molecular formula is C17H25N3O2S. The second-order valence-corrected chi connectivity index (χ2v) is 6.58. The Bertz CT molecular complexity index is 627. The summed E-state index contributed by atoms with van der Waals surface area (Å²) in [4.78, 5) is 11.9. The van der Waals surface area contributed by atoms with E-state index in [1.807, 2.05) is 18.2 Å². The highest BCUT2D eigenvalue weighted by molar-refractivity contribution is 7.99. The van der Waals surface area contributed by atoms with Gasteiger partial charge in [-0.05, 0) is 42.9 Å². The Balaban J connectivity index is 1.80. The van der Waals surface area contributed by atoms with Crippen molar-refractivity contribution < 1.29 is 9.90 Å². The lowest BCUT2D eigenvalue weighted by molar-refractivity contribution is 0.252. The number of anilines is 1. The Kier molecular flexibility index (Phi) is 7.29. The standard InChI is InChI=1S/C17H25N3O2S/c1-2-8-20-9-6-14-13-15(4-5-16(14)20)19-17(22)18-7-12-23-11-3-10-21/h4-6,9,13,21H,2-3,7-8,10-12H2,1H3,(H2,18,19,22). The van der Waals surface area contributed by atoms with Gasteiger partial charge in [-0.15, -0.1) is 0 Å². The first-order valence-electron chi connectivity index (χ1n) is 8.07. The van der Waals surface area contributed by atoms with E-state index in [4.69, 9.17) is 5.11 Å². The number of benzene rings is 1. The van der Waals surface area contributed by atoms with E-state index in [-0.39, 0.29) is 12.6 Å². The molecule has 5 nitrogen and oxygen atoms in total. The zero-order chi connectivity index (χ0) is 16.5. The molecule has 0 fully saturated rings. The molecule has 0 aliphatic heterocycles. The van der Waals surface area contributed by atoms with Crippen molar-refractivity contribution in [1.29, 1.82) is 0 Å². The number of nitrogens with zero attached hydrogens (tertiary/aromatic N) is 1. The Morgan fingerprint density at radius 2 is 2.17 bits per heavy atom. The van der Waals surface area contributed by atoms with Crippen LogP contribution in [0, 0.1) is 0 Å². The first-order valence-corrected chi connectivity index (χ1v) is 9.22. The van der Waals surface area contributed by atoms with Gasteiger partial charge < -0.3 is 20.3 Å². The number of hydrogen-bond acceptors (Lipinski definition) is 3. The Labute approximate surface area is 141 Å². The van der Waals surface area contributed by atoms with Gasteiger partial charge >= 0.3 is 6.03 Å². The minimum atomic E-state index is -0.180. The number of nitrogens with one attached hydrogen (secondary N) is 2. The van der Waals surface area contributed by atoms with E-state index in [1.165, 1.54) is 5.52 Å². The molecule has 126 valence electrons. The summed E-state index contributed by atoms with van der Waals surface area (Å²) in [6.45, 7) is 4.01. The Hall–Kier alpha value is -1.66. The molecule has 0 atom stereocenters. The van der Waals surface area contributed by atoms with Crippen molar-refractivity contribution in [2.45, 2.75) is 26.3 Å². The van der Waals surface area contributed by atoms with E-state index in [2.05, 4.69) is 34.4 Å². The van der Waals surface area contributed by atoms with Crippen LogP contribution >= 0.6 is 11.8 Å². The third-order valence-corrected chi connectivity index (χ3v) is 4.54. The lowest BCUT2D eigenvalue weighted by atomic mass is 10.2. The fourth-order valence-electron chi connectivity index (χ4n) is 2.39. The van der Waals surface area contributed by atoms with Crippen molar-refractivity contribution in [2.75, 3.05) is 30.0 Å². The van der Waals surface area contributed by atoms with Crippen LogP contribution in [0.5, 0.6) is 0 Å². The molecule has 23 heavy (non-hydrogen) atoms. The van der Waals surface area contributed by atoms with E-state index < -0.39 is 0 Å². The second kappa shape index (κ2) is 9.47. The molecule has 1 heterocycles. The summed E-state index contributed by atoms with van der Waals surface area (Å²) in [7, 11) is 0. The van der Waals surface area contributed by atoms with Crippen LogP contribution in [0.1, 0.15) is 19.8 Å². The molecule has 0 aliphatic carbocycles. The van der Waals surface area contributed by atoms with Crippen LogP contribution < -0.4 is 10.6 Å². The van der Waals surface area contributed by atoms with Crippen molar-refractivity contribution >= 4 is 34.4 Å². The highest BCUT2D eigenvalue weighted by Crippen LogP contribution is 2.20. The van der Waals surface area contributed by atoms with Crippen LogP contribution in [-0.2, 0) is 6.54 Å². The van der Waals surface area contributed by atoms with Crippen molar-refractivity contribution in [2.24, 2.45) is 0 Å². The predicted molar refractivity (Wildman–Crippen MR) is 98.3 cm³/mol. The summed E-state index contributed by atoms with van der Waals surface area (Å²) in [6.07, 6.45) is 3.98. The van der Waals surface area contributed by atoms with Gasteiger partial charge in [0.15, 0.2) is 0 Å². The largest absolute Gasteiger partial charge is 0.396 e. The topological polar surface area (TPSA) is 66.3 Å². The molecule has 0 saturated heterocycles. The van der Waals surface area contributed by atoms with Crippen molar-refractivity contribution in [1.82, 2.24) is 9.88 Å². The molecule has 1 aromatic heterocycles. The van der Waals surface area contributed by atoms with Crippen LogP contribution in [0.15, 0.2) is 30.5 Å². The van der Waals surface area contributed by atoms with Crippen LogP contribution in [0.25, 0.3) is 10.9 Å². The first kappa shape index (κ1) is 17.7. The number of hydrogen-bond donors (Lipinski definition) is 3. The molecule has 2 rings (SSSR count). The summed E-state index contributed by atoms with van der Waals surface area (Å²) in [5, 5.41) is 15.5. The van der Waals surface area contributed by atoms with Gasteiger partial charge in [0.25, 0.3) is 0 Å². The molecule has 2 aromatic rings. The molecule has 6 heteroatoms. The smallest absolute Gasteiger partial charge is 0.319 e. The van der Waals surface area contributed by atoms with E-state index in [9.17, 15) is 4.79 Å². The van der Waals surface area contributed by atoms with Gasteiger partial charge in [0.2, 0.25) is 0 Å². The monoisotopic (exact) mass is 335 g/mol. The number of fused-ring (bicyclic) bond motifs is 1. The zero-order valence-corrected chi connectivity index (χ0v) is 14.4. The molecule has 1 aromatic carbocycles.